The van der Waals surface area contributed by atoms with Gasteiger partial charge in [0.1, 0.15) is 5.82 Å². The minimum atomic E-state index is -5.51. The van der Waals surface area contributed by atoms with Crippen LogP contribution in [-0.2, 0) is 13.6 Å². The molecule has 1 aromatic rings. The van der Waals surface area contributed by atoms with Crippen molar-refractivity contribution in [2.24, 2.45) is 0 Å². The molecule has 0 amide bonds. The van der Waals surface area contributed by atoms with Crippen LogP contribution in [-0.4, -0.2) is 23.1 Å². The van der Waals surface area contributed by atoms with Crippen molar-refractivity contribution >= 4 is 7.82 Å². The molecule has 0 saturated carbocycles. The molecule has 1 heterocycles. The van der Waals surface area contributed by atoms with Crippen LogP contribution in [0, 0.1) is 6.92 Å². The van der Waals surface area contributed by atoms with E-state index in [4.69, 9.17) is 18.2 Å². The molecule has 7 heteroatoms. The van der Waals surface area contributed by atoms with Crippen LogP contribution < -0.4 is 4.52 Å². The van der Waals surface area contributed by atoms with Gasteiger partial charge in [-0.3, -0.25) is 9.05 Å². The number of aromatic nitrogens is 2. The van der Waals surface area contributed by atoms with E-state index in [0.29, 0.717) is 5.69 Å². The SMILES string of the molecule is [2H]C([2H])([2H])C([2H])([2H])OP(=O)(Oc1cc(C)nc(C(C)C)n1)OC([2H])([2H])C([2H])([2H])[2H]. The van der Waals surface area contributed by atoms with Gasteiger partial charge in [-0.05, 0) is 20.6 Å². The Hall–Kier alpha value is -0.970. The summed E-state index contributed by atoms with van der Waals surface area (Å²) >= 11 is 0. The predicted octanol–water partition coefficient (Wildman–Crippen LogP) is 3.47. The Bertz CT molecular complexity index is 749. The van der Waals surface area contributed by atoms with E-state index in [2.05, 4.69) is 19.0 Å². The highest BCUT2D eigenvalue weighted by molar-refractivity contribution is 7.48. The molecule has 0 spiro atoms. The summed E-state index contributed by atoms with van der Waals surface area (Å²) in [6.45, 7) is -9.24. The van der Waals surface area contributed by atoms with E-state index in [9.17, 15) is 4.57 Å². The number of aryl methyl sites for hydroxylation is 1. The predicted molar refractivity (Wildman–Crippen MR) is 72.3 cm³/mol. The van der Waals surface area contributed by atoms with Gasteiger partial charge < -0.3 is 4.52 Å². The van der Waals surface area contributed by atoms with E-state index in [1.165, 1.54) is 6.92 Å². The van der Waals surface area contributed by atoms with Gasteiger partial charge in [0.15, 0.2) is 0 Å². The average molecular weight is 298 g/mol. The van der Waals surface area contributed by atoms with Crippen molar-refractivity contribution in [3.63, 3.8) is 0 Å². The molecular weight excluding hydrogens is 267 g/mol. The number of rotatable bonds is 7. The van der Waals surface area contributed by atoms with Gasteiger partial charge in [0.2, 0.25) is 5.88 Å². The largest absolute Gasteiger partial charge is 0.531 e. The monoisotopic (exact) mass is 298 g/mol. The van der Waals surface area contributed by atoms with Gasteiger partial charge in [-0.15, -0.1) is 0 Å². The molecule has 0 atom stereocenters. The lowest BCUT2D eigenvalue weighted by Gasteiger charge is -2.17. The molecule has 0 radical (unpaired) electrons. The molecule has 0 aliphatic carbocycles. The second-order valence-electron chi connectivity index (χ2n) is 3.79. The van der Waals surface area contributed by atoms with Crippen LogP contribution in [0.3, 0.4) is 0 Å². The van der Waals surface area contributed by atoms with Crippen LogP contribution in [0.15, 0.2) is 6.07 Å². The molecule has 0 saturated heterocycles. The topological polar surface area (TPSA) is 70.5 Å². The van der Waals surface area contributed by atoms with E-state index in [0.717, 1.165) is 6.07 Å². The summed E-state index contributed by atoms with van der Waals surface area (Å²) in [7, 11) is -5.51. The Morgan fingerprint density at radius 3 is 2.53 bits per heavy atom. The Kier molecular flexibility index (Phi) is 2.45. The summed E-state index contributed by atoms with van der Waals surface area (Å²) in [5, 5.41) is 0. The molecule has 1 aromatic heterocycles. The zero-order chi connectivity index (χ0) is 23.1. The highest BCUT2D eigenvalue weighted by Gasteiger charge is 2.28. The fourth-order valence-corrected chi connectivity index (χ4v) is 1.81. The van der Waals surface area contributed by atoms with Crippen LogP contribution in [0.4, 0.5) is 0 Å². The first kappa shape index (κ1) is 6.66. The Labute approximate surface area is 128 Å². The highest BCUT2D eigenvalue weighted by atomic mass is 31.2. The summed E-state index contributed by atoms with van der Waals surface area (Å²) < 4.78 is 99.4. The van der Waals surface area contributed by atoms with Crippen molar-refractivity contribution in [2.75, 3.05) is 13.1 Å². The summed E-state index contributed by atoms with van der Waals surface area (Å²) in [5.74, 6) is -0.516. The van der Waals surface area contributed by atoms with Crippen molar-refractivity contribution < 1.29 is 31.8 Å². The molecule has 6 nitrogen and oxygen atoms in total. The molecule has 0 fully saturated rings. The Balaban J connectivity index is 3.44. The number of hydrogen-bond donors (Lipinski definition) is 0. The fraction of sp³-hybridized carbons (Fsp3) is 0.667. The lowest BCUT2D eigenvalue weighted by atomic mass is 10.2. The second kappa shape index (κ2) is 6.98. The average Bonchev–Trinajstić information content (AvgIpc) is 2.41. The van der Waals surface area contributed by atoms with Crippen molar-refractivity contribution in [3.8, 4) is 5.88 Å². The molecule has 1 rings (SSSR count). The smallest absolute Gasteiger partial charge is 0.385 e. The Morgan fingerprint density at radius 1 is 1.37 bits per heavy atom. The molecule has 19 heavy (non-hydrogen) atoms. The van der Waals surface area contributed by atoms with Gasteiger partial charge >= 0.3 is 7.82 Å². The lowest BCUT2D eigenvalue weighted by Crippen LogP contribution is -2.06. The zero-order valence-corrected chi connectivity index (χ0v) is 11.5. The third kappa shape index (κ3) is 4.90. The summed E-state index contributed by atoms with van der Waals surface area (Å²) in [4.78, 5) is 8.01. The van der Waals surface area contributed by atoms with Crippen LogP contribution in [0.2, 0.25) is 0 Å². The molecule has 0 N–H and O–H groups in total. The Morgan fingerprint density at radius 2 is 2.00 bits per heavy atom. The van der Waals surface area contributed by atoms with Crippen molar-refractivity contribution in [3.05, 3.63) is 17.6 Å². The molecule has 0 bridgehead atoms. The quantitative estimate of drug-likeness (QED) is 0.718. The minimum absolute atomic E-state index is 0.212. The summed E-state index contributed by atoms with van der Waals surface area (Å²) in [6.07, 6.45) is 0. The first-order valence-corrected chi connectivity index (χ1v) is 6.72. The molecule has 108 valence electrons. The standard InChI is InChI=1S/C12H21N2O4P/c1-6-16-19(15,17-7-2)18-11-8-10(5)13-12(14-11)9(3)4/h8-9H,6-7H2,1-5H3/i1D3,2D3,6D2,7D2. The highest BCUT2D eigenvalue weighted by Crippen LogP contribution is 2.48. The van der Waals surface area contributed by atoms with Crippen LogP contribution in [0.1, 0.15) is 58.7 Å². The van der Waals surface area contributed by atoms with E-state index >= 15 is 0 Å². The van der Waals surface area contributed by atoms with Crippen LogP contribution in [0.5, 0.6) is 5.88 Å². The van der Waals surface area contributed by atoms with E-state index in [-0.39, 0.29) is 11.7 Å². The van der Waals surface area contributed by atoms with Gasteiger partial charge in [-0.25, -0.2) is 9.55 Å². The van der Waals surface area contributed by atoms with Crippen LogP contribution >= 0.6 is 7.82 Å². The van der Waals surface area contributed by atoms with Gasteiger partial charge in [0.25, 0.3) is 0 Å². The normalized spacial score (nSPS) is 22.5. The van der Waals surface area contributed by atoms with Crippen molar-refractivity contribution in [2.45, 2.75) is 40.4 Å². The zero-order valence-electron chi connectivity index (χ0n) is 20.6. The summed E-state index contributed by atoms with van der Waals surface area (Å²) in [6, 6.07) is 1.13. The number of hydrogen-bond acceptors (Lipinski definition) is 6. The van der Waals surface area contributed by atoms with Gasteiger partial charge in [0.05, 0.1) is 18.6 Å². The van der Waals surface area contributed by atoms with Crippen molar-refractivity contribution in [1.29, 1.82) is 0 Å². The van der Waals surface area contributed by atoms with Crippen LogP contribution in [0.25, 0.3) is 0 Å². The maximum absolute atomic E-state index is 13.0. The number of nitrogens with zero attached hydrogens (tertiary/aromatic N) is 2. The molecule has 0 aliphatic rings. The van der Waals surface area contributed by atoms with Gasteiger partial charge in [-0.1, -0.05) is 13.8 Å². The molecular formula is C12H21N2O4P. The number of phosphoric ester groups is 1. The lowest BCUT2D eigenvalue weighted by molar-refractivity contribution is 0.165. The van der Waals surface area contributed by atoms with E-state index in [1.54, 1.807) is 13.8 Å². The first-order valence-electron chi connectivity index (χ1n) is 10.3. The van der Waals surface area contributed by atoms with E-state index in [1.807, 2.05) is 0 Å². The molecule has 0 aromatic carbocycles. The minimum Gasteiger partial charge on any atom is -0.385 e. The molecule has 0 unspecified atom stereocenters. The van der Waals surface area contributed by atoms with Gasteiger partial charge in [-0.2, -0.15) is 4.98 Å². The maximum atomic E-state index is 13.0. The van der Waals surface area contributed by atoms with E-state index < -0.39 is 40.5 Å². The third-order valence-corrected chi connectivity index (χ3v) is 2.93. The van der Waals surface area contributed by atoms with Gasteiger partial charge in [0, 0.05) is 25.9 Å². The third-order valence-electron chi connectivity index (χ3n) is 1.88. The van der Waals surface area contributed by atoms with Crippen molar-refractivity contribution in [1.82, 2.24) is 9.97 Å². The summed E-state index contributed by atoms with van der Waals surface area (Å²) in [5.41, 5.74) is 0.322. The first-order chi connectivity index (χ1) is 12.7. The number of phosphoric acid groups is 1. The second-order valence-corrected chi connectivity index (χ2v) is 5.23. The molecule has 0 aliphatic heterocycles. The fourth-order valence-electron chi connectivity index (χ4n) is 1.15. The maximum Gasteiger partial charge on any atom is 0.531 e.